The maximum Gasteiger partial charge on any atom is 0.132 e. The van der Waals surface area contributed by atoms with Crippen molar-refractivity contribution >= 4 is 10.9 Å². The Morgan fingerprint density at radius 3 is 2.39 bits per heavy atom. The number of hydrogen-bond acceptors (Lipinski definition) is 5. The average molecular weight is 378 g/mol. The van der Waals surface area contributed by atoms with Crippen LogP contribution in [0.5, 0.6) is 11.5 Å². The molecule has 0 aliphatic carbocycles. The first-order valence-electron chi connectivity index (χ1n) is 9.61. The largest absolute Gasteiger partial charge is 0.496 e. The lowest BCUT2D eigenvalue weighted by molar-refractivity contribution is 0.0342. The molecule has 5 heteroatoms. The van der Waals surface area contributed by atoms with Gasteiger partial charge in [-0.05, 0) is 48.4 Å². The van der Waals surface area contributed by atoms with Crippen LogP contribution in [0.25, 0.3) is 22.2 Å². The first-order chi connectivity index (χ1) is 13.7. The van der Waals surface area contributed by atoms with E-state index in [9.17, 15) is 0 Å². The number of rotatable bonds is 5. The van der Waals surface area contributed by atoms with Gasteiger partial charge in [0.25, 0.3) is 0 Å². The molecule has 0 amide bonds. The molecule has 3 aromatic rings. The highest BCUT2D eigenvalue weighted by Gasteiger charge is 2.16. The summed E-state index contributed by atoms with van der Waals surface area (Å²) < 4.78 is 16.6. The molecule has 1 fully saturated rings. The molecule has 0 N–H and O–H groups in total. The van der Waals surface area contributed by atoms with E-state index in [0.29, 0.717) is 0 Å². The van der Waals surface area contributed by atoms with Crippen molar-refractivity contribution in [3.63, 3.8) is 0 Å². The van der Waals surface area contributed by atoms with Crippen LogP contribution in [-0.2, 0) is 11.3 Å². The van der Waals surface area contributed by atoms with Crippen molar-refractivity contribution in [2.75, 3.05) is 40.5 Å². The van der Waals surface area contributed by atoms with Crippen LogP contribution in [0, 0.1) is 6.92 Å². The van der Waals surface area contributed by atoms with Crippen LogP contribution in [0.15, 0.2) is 42.5 Å². The quantitative estimate of drug-likeness (QED) is 0.670. The van der Waals surface area contributed by atoms with Crippen molar-refractivity contribution in [2.24, 2.45) is 0 Å². The molecule has 5 nitrogen and oxygen atoms in total. The number of morpholine rings is 1. The summed E-state index contributed by atoms with van der Waals surface area (Å²) in [6.07, 6.45) is 0. The van der Waals surface area contributed by atoms with Crippen LogP contribution in [-0.4, -0.2) is 50.4 Å². The number of benzene rings is 2. The van der Waals surface area contributed by atoms with Gasteiger partial charge in [-0.15, -0.1) is 0 Å². The second-order valence-corrected chi connectivity index (χ2v) is 7.10. The zero-order valence-corrected chi connectivity index (χ0v) is 16.7. The van der Waals surface area contributed by atoms with E-state index in [4.69, 9.17) is 19.2 Å². The van der Waals surface area contributed by atoms with E-state index in [0.717, 1.165) is 61.1 Å². The predicted molar refractivity (Wildman–Crippen MR) is 111 cm³/mol. The molecular weight excluding hydrogens is 352 g/mol. The normalized spacial score (nSPS) is 15.0. The molecule has 2 heterocycles. The monoisotopic (exact) mass is 378 g/mol. The number of nitrogens with zero attached hydrogens (tertiary/aromatic N) is 2. The Morgan fingerprint density at radius 1 is 1.00 bits per heavy atom. The van der Waals surface area contributed by atoms with Crippen molar-refractivity contribution in [3.8, 4) is 22.8 Å². The molecule has 0 atom stereocenters. The second kappa shape index (κ2) is 8.17. The lowest BCUT2D eigenvalue weighted by Crippen LogP contribution is -2.35. The van der Waals surface area contributed by atoms with Gasteiger partial charge in [-0.25, -0.2) is 4.98 Å². The number of pyridine rings is 1. The minimum Gasteiger partial charge on any atom is -0.496 e. The van der Waals surface area contributed by atoms with Gasteiger partial charge in [-0.3, -0.25) is 4.90 Å². The number of fused-ring (bicyclic) bond motifs is 1. The summed E-state index contributed by atoms with van der Waals surface area (Å²) in [5, 5.41) is 1.18. The summed E-state index contributed by atoms with van der Waals surface area (Å²) in [5.74, 6) is 1.52. The van der Waals surface area contributed by atoms with E-state index in [1.807, 2.05) is 18.2 Å². The molecule has 0 spiro atoms. The van der Waals surface area contributed by atoms with Crippen LogP contribution in [0.2, 0.25) is 0 Å². The lowest BCUT2D eigenvalue weighted by atomic mass is 10.0. The zero-order valence-electron chi connectivity index (χ0n) is 16.7. The third-order valence-corrected chi connectivity index (χ3v) is 5.27. The van der Waals surface area contributed by atoms with E-state index in [1.165, 1.54) is 16.5 Å². The first-order valence-corrected chi connectivity index (χ1v) is 9.61. The SMILES string of the molecule is COc1cccc(OC)c1-c1cc(C)c2cc(CN3CCOCC3)ccc2n1. The molecule has 28 heavy (non-hydrogen) atoms. The summed E-state index contributed by atoms with van der Waals surface area (Å²) in [5.41, 5.74) is 5.22. The smallest absolute Gasteiger partial charge is 0.132 e. The third-order valence-electron chi connectivity index (χ3n) is 5.27. The molecule has 0 unspecified atom stereocenters. The fraction of sp³-hybridized carbons (Fsp3) is 0.348. The van der Waals surface area contributed by atoms with Gasteiger partial charge in [-0.1, -0.05) is 12.1 Å². The topological polar surface area (TPSA) is 43.8 Å². The Balaban J connectivity index is 1.73. The van der Waals surface area contributed by atoms with Crippen molar-refractivity contribution in [1.29, 1.82) is 0 Å². The molecule has 0 saturated carbocycles. The van der Waals surface area contributed by atoms with Crippen LogP contribution in [0.4, 0.5) is 0 Å². The molecule has 1 aliphatic heterocycles. The maximum absolute atomic E-state index is 5.56. The van der Waals surface area contributed by atoms with Gasteiger partial charge in [-0.2, -0.15) is 0 Å². The van der Waals surface area contributed by atoms with Gasteiger partial charge >= 0.3 is 0 Å². The van der Waals surface area contributed by atoms with E-state index >= 15 is 0 Å². The standard InChI is InChI=1S/C23H26N2O3/c1-16-13-20(23-21(26-2)5-4-6-22(23)27-3)24-19-8-7-17(14-18(16)19)15-25-9-11-28-12-10-25/h4-8,13-14H,9-12,15H2,1-3H3. The van der Waals surface area contributed by atoms with E-state index in [1.54, 1.807) is 14.2 Å². The maximum atomic E-state index is 5.56. The van der Waals surface area contributed by atoms with Crippen LogP contribution in [0.3, 0.4) is 0 Å². The fourth-order valence-electron chi connectivity index (χ4n) is 3.79. The molecule has 0 radical (unpaired) electrons. The fourth-order valence-corrected chi connectivity index (χ4v) is 3.79. The highest BCUT2D eigenvalue weighted by molar-refractivity contribution is 5.87. The van der Waals surface area contributed by atoms with Crippen molar-refractivity contribution in [3.05, 3.63) is 53.6 Å². The van der Waals surface area contributed by atoms with E-state index in [-0.39, 0.29) is 0 Å². The van der Waals surface area contributed by atoms with E-state index < -0.39 is 0 Å². The van der Waals surface area contributed by atoms with Crippen molar-refractivity contribution in [1.82, 2.24) is 9.88 Å². The van der Waals surface area contributed by atoms with Crippen LogP contribution >= 0.6 is 0 Å². The average Bonchev–Trinajstić information content (AvgIpc) is 2.74. The minimum absolute atomic E-state index is 0.759. The molecule has 4 rings (SSSR count). The number of hydrogen-bond donors (Lipinski definition) is 0. The highest BCUT2D eigenvalue weighted by atomic mass is 16.5. The lowest BCUT2D eigenvalue weighted by Gasteiger charge is -2.26. The number of aryl methyl sites for hydroxylation is 1. The summed E-state index contributed by atoms with van der Waals surface area (Å²) in [6.45, 7) is 6.69. The Kier molecular flexibility index (Phi) is 5.46. The van der Waals surface area contributed by atoms with Crippen molar-refractivity contribution in [2.45, 2.75) is 13.5 Å². The predicted octanol–water partition coefficient (Wildman–Crippen LogP) is 4.06. The highest BCUT2D eigenvalue weighted by Crippen LogP contribution is 2.38. The number of aromatic nitrogens is 1. The third kappa shape index (κ3) is 3.68. The summed E-state index contributed by atoms with van der Waals surface area (Å²) in [6, 6.07) is 14.5. The van der Waals surface area contributed by atoms with Crippen molar-refractivity contribution < 1.29 is 14.2 Å². The zero-order chi connectivity index (χ0) is 19.5. The van der Waals surface area contributed by atoms with Gasteiger partial charge in [0.2, 0.25) is 0 Å². The van der Waals surface area contributed by atoms with Gasteiger partial charge in [0.15, 0.2) is 0 Å². The molecular formula is C23H26N2O3. The Hall–Kier alpha value is -2.63. The Bertz CT molecular complexity index is 959. The summed E-state index contributed by atoms with van der Waals surface area (Å²) in [4.78, 5) is 7.35. The van der Waals surface area contributed by atoms with E-state index in [2.05, 4.69) is 36.1 Å². The number of ether oxygens (including phenoxy) is 3. The van der Waals surface area contributed by atoms with Gasteiger partial charge in [0, 0.05) is 25.0 Å². The molecule has 1 saturated heterocycles. The van der Waals surface area contributed by atoms with Crippen LogP contribution in [0.1, 0.15) is 11.1 Å². The van der Waals surface area contributed by atoms with Crippen LogP contribution < -0.4 is 9.47 Å². The summed E-state index contributed by atoms with van der Waals surface area (Å²) >= 11 is 0. The number of methoxy groups -OCH3 is 2. The van der Waals surface area contributed by atoms with Gasteiger partial charge in [0.05, 0.1) is 44.2 Å². The molecule has 1 aromatic heterocycles. The van der Waals surface area contributed by atoms with Gasteiger partial charge in [0.1, 0.15) is 11.5 Å². The molecule has 0 bridgehead atoms. The molecule has 1 aliphatic rings. The first kappa shape index (κ1) is 18.7. The van der Waals surface area contributed by atoms with Gasteiger partial charge < -0.3 is 14.2 Å². The second-order valence-electron chi connectivity index (χ2n) is 7.10. The molecule has 146 valence electrons. The summed E-state index contributed by atoms with van der Waals surface area (Å²) in [7, 11) is 3.34. The Labute approximate surface area is 165 Å². The Morgan fingerprint density at radius 2 is 1.71 bits per heavy atom. The molecule has 2 aromatic carbocycles. The minimum atomic E-state index is 0.759.